The number of esters is 1. The van der Waals surface area contributed by atoms with Crippen LogP contribution in [0.2, 0.25) is 0 Å². The topological polar surface area (TPSA) is 88.9 Å². The molecule has 7 nitrogen and oxygen atoms in total. The maximum Gasteiger partial charge on any atom is 0.329 e. The fourth-order valence-electron chi connectivity index (χ4n) is 3.77. The number of ether oxygens (including phenoxy) is 1. The summed E-state index contributed by atoms with van der Waals surface area (Å²) >= 11 is 0. The molecule has 1 N–H and O–H groups in total. The van der Waals surface area contributed by atoms with Gasteiger partial charge in [0.25, 0.3) is 11.8 Å². The zero-order chi connectivity index (χ0) is 22.2. The van der Waals surface area contributed by atoms with Gasteiger partial charge in [0.1, 0.15) is 6.04 Å². The second-order valence-electron chi connectivity index (χ2n) is 8.29. The molecule has 1 aromatic heterocycles. The molecule has 1 saturated heterocycles. The van der Waals surface area contributed by atoms with Crippen LogP contribution in [0.25, 0.3) is 0 Å². The molecule has 2 aromatic rings. The highest BCUT2D eigenvalue weighted by molar-refractivity contribution is 5.94. The molecular weight excluding hydrogens is 396 g/mol. The second-order valence-corrected chi connectivity index (χ2v) is 8.29. The van der Waals surface area contributed by atoms with Crippen molar-refractivity contribution in [3.63, 3.8) is 0 Å². The Hall–Kier alpha value is -3.09. The first-order chi connectivity index (χ1) is 14.9. The quantitative estimate of drug-likeness (QED) is 0.656. The van der Waals surface area contributed by atoms with Crippen LogP contribution in [0, 0.1) is 11.8 Å². The van der Waals surface area contributed by atoms with Crippen molar-refractivity contribution in [2.75, 3.05) is 19.7 Å². The van der Waals surface area contributed by atoms with Gasteiger partial charge in [-0.05, 0) is 48.8 Å². The van der Waals surface area contributed by atoms with Gasteiger partial charge in [-0.1, -0.05) is 44.2 Å². The second kappa shape index (κ2) is 10.8. The van der Waals surface area contributed by atoms with Crippen molar-refractivity contribution in [2.24, 2.45) is 11.8 Å². The average molecular weight is 427 g/mol. The number of amides is 2. The smallest absolute Gasteiger partial charge is 0.329 e. The maximum absolute atomic E-state index is 12.5. The number of nitrogens with one attached hydrogen (secondary N) is 1. The SMILES string of the molecule is CC(C)C(NC(=O)c1ccco1)C(=O)OCC(=O)N1CCC(Cc2ccccc2)CC1. The number of likely N-dealkylation sites (tertiary alicyclic amines) is 1. The standard InChI is InChI=1S/C24H30N2O5/c1-17(2)22(25-23(28)20-9-6-14-30-20)24(29)31-16-21(27)26-12-10-19(11-13-26)15-18-7-4-3-5-8-18/h3-9,14,17,19,22H,10-13,15-16H2,1-2H3,(H,25,28). The molecule has 1 fully saturated rings. The third-order valence-electron chi connectivity index (χ3n) is 5.62. The maximum atomic E-state index is 12.5. The minimum Gasteiger partial charge on any atom is -0.459 e. The van der Waals surface area contributed by atoms with Crippen LogP contribution in [0.4, 0.5) is 0 Å². The van der Waals surface area contributed by atoms with Crippen LogP contribution in [0.15, 0.2) is 53.1 Å². The van der Waals surface area contributed by atoms with Gasteiger partial charge in [0, 0.05) is 13.1 Å². The van der Waals surface area contributed by atoms with Gasteiger partial charge in [0.05, 0.1) is 6.26 Å². The molecule has 0 spiro atoms. The summed E-state index contributed by atoms with van der Waals surface area (Å²) in [6.45, 7) is 4.61. The molecule has 0 aliphatic carbocycles. The van der Waals surface area contributed by atoms with E-state index in [0.29, 0.717) is 19.0 Å². The lowest BCUT2D eigenvalue weighted by molar-refractivity contribution is -0.155. The van der Waals surface area contributed by atoms with Crippen molar-refractivity contribution >= 4 is 17.8 Å². The number of hydrogen-bond acceptors (Lipinski definition) is 5. The Kier molecular flexibility index (Phi) is 7.87. The number of nitrogens with zero attached hydrogens (tertiary/aromatic N) is 1. The van der Waals surface area contributed by atoms with Gasteiger partial charge in [-0.3, -0.25) is 9.59 Å². The van der Waals surface area contributed by atoms with E-state index >= 15 is 0 Å². The Balaban J connectivity index is 1.43. The number of carbonyl (C=O) groups is 3. The summed E-state index contributed by atoms with van der Waals surface area (Å²) in [4.78, 5) is 38.9. The van der Waals surface area contributed by atoms with E-state index < -0.39 is 17.9 Å². The minimum atomic E-state index is -0.859. The largest absolute Gasteiger partial charge is 0.459 e. The Morgan fingerprint density at radius 1 is 1.10 bits per heavy atom. The summed E-state index contributed by atoms with van der Waals surface area (Å²) in [5, 5.41) is 2.62. The molecule has 7 heteroatoms. The normalized spacial score (nSPS) is 15.5. The van der Waals surface area contributed by atoms with E-state index in [4.69, 9.17) is 9.15 Å². The predicted octanol–water partition coefficient (Wildman–Crippen LogP) is 3.06. The van der Waals surface area contributed by atoms with Crippen molar-refractivity contribution in [2.45, 2.75) is 39.2 Å². The zero-order valence-corrected chi connectivity index (χ0v) is 18.1. The highest BCUT2D eigenvalue weighted by atomic mass is 16.5. The number of furan rings is 1. The molecule has 2 amide bonds. The Bertz CT molecular complexity index is 855. The summed E-state index contributed by atoms with van der Waals surface area (Å²) in [7, 11) is 0. The van der Waals surface area contributed by atoms with Crippen molar-refractivity contribution in [1.82, 2.24) is 10.2 Å². The molecule has 0 saturated carbocycles. The van der Waals surface area contributed by atoms with E-state index in [2.05, 4.69) is 17.4 Å². The van der Waals surface area contributed by atoms with E-state index in [1.54, 1.807) is 24.8 Å². The predicted molar refractivity (Wildman–Crippen MR) is 115 cm³/mol. The van der Waals surface area contributed by atoms with Crippen LogP contribution in [0.1, 0.15) is 42.8 Å². The highest BCUT2D eigenvalue weighted by Crippen LogP contribution is 2.21. The lowest BCUT2D eigenvalue weighted by Crippen LogP contribution is -2.47. The van der Waals surface area contributed by atoms with Crippen molar-refractivity contribution < 1.29 is 23.5 Å². The summed E-state index contributed by atoms with van der Waals surface area (Å²) in [6.07, 6.45) is 4.27. The van der Waals surface area contributed by atoms with Gasteiger partial charge in [-0.15, -0.1) is 0 Å². The molecule has 166 valence electrons. The van der Waals surface area contributed by atoms with Gasteiger partial charge in [-0.2, -0.15) is 0 Å². The molecule has 1 aliphatic rings. The Labute approximate surface area is 182 Å². The summed E-state index contributed by atoms with van der Waals surface area (Å²) in [6, 6.07) is 12.6. The fraction of sp³-hybridized carbons (Fsp3) is 0.458. The molecule has 2 heterocycles. The lowest BCUT2D eigenvalue weighted by atomic mass is 9.90. The van der Waals surface area contributed by atoms with E-state index in [1.165, 1.54) is 17.9 Å². The number of piperidine rings is 1. The summed E-state index contributed by atoms with van der Waals surface area (Å²) in [5.74, 6) is -0.847. The van der Waals surface area contributed by atoms with Crippen LogP contribution in [0.3, 0.4) is 0 Å². The number of rotatable bonds is 8. The Morgan fingerprint density at radius 3 is 2.42 bits per heavy atom. The third kappa shape index (κ3) is 6.44. The van der Waals surface area contributed by atoms with Crippen molar-refractivity contribution in [1.29, 1.82) is 0 Å². The number of hydrogen-bond donors (Lipinski definition) is 1. The van der Waals surface area contributed by atoms with Crippen molar-refractivity contribution in [3.05, 3.63) is 60.1 Å². The highest BCUT2D eigenvalue weighted by Gasteiger charge is 2.29. The molecule has 0 bridgehead atoms. The minimum absolute atomic E-state index is 0.118. The summed E-state index contributed by atoms with van der Waals surface area (Å²) < 4.78 is 10.3. The average Bonchev–Trinajstić information content (AvgIpc) is 3.31. The Morgan fingerprint density at radius 2 is 1.81 bits per heavy atom. The van der Waals surface area contributed by atoms with E-state index in [0.717, 1.165) is 19.3 Å². The van der Waals surface area contributed by atoms with Gasteiger partial charge in [-0.25, -0.2) is 4.79 Å². The molecule has 1 unspecified atom stereocenters. The molecule has 1 aliphatic heterocycles. The zero-order valence-electron chi connectivity index (χ0n) is 18.1. The van der Waals surface area contributed by atoms with Crippen LogP contribution in [-0.4, -0.2) is 48.4 Å². The third-order valence-corrected chi connectivity index (χ3v) is 5.62. The van der Waals surface area contributed by atoms with Gasteiger partial charge in [0.2, 0.25) is 0 Å². The first kappa shape index (κ1) is 22.6. The lowest BCUT2D eigenvalue weighted by Gasteiger charge is -2.32. The van der Waals surface area contributed by atoms with Crippen molar-refractivity contribution in [3.8, 4) is 0 Å². The molecule has 31 heavy (non-hydrogen) atoms. The van der Waals surface area contributed by atoms with E-state index in [9.17, 15) is 14.4 Å². The number of carbonyl (C=O) groups excluding carboxylic acids is 3. The molecular formula is C24H30N2O5. The summed E-state index contributed by atoms with van der Waals surface area (Å²) in [5.41, 5.74) is 1.32. The van der Waals surface area contributed by atoms with Crippen LogP contribution in [-0.2, 0) is 20.7 Å². The molecule has 0 radical (unpaired) electrons. The van der Waals surface area contributed by atoms with Crippen LogP contribution < -0.4 is 5.32 Å². The number of benzene rings is 1. The van der Waals surface area contributed by atoms with Crippen LogP contribution >= 0.6 is 0 Å². The van der Waals surface area contributed by atoms with Gasteiger partial charge < -0.3 is 19.4 Å². The van der Waals surface area contributed by atoms with E-state index in [-0.39, 0.29) is 24.2 Å². The van der Waals surface area contributed by atoms with Gasteiger partial charge in [0.15, 0.2) is 12.4 Å². The molecule has 1 atom stereocenters. The van der Waals surface area contributed by atoms with Gasteiger partial charge >= 0.3 is 5.97 Å². The molecule has 1 aromatic carbocycles. The van der Waals surface area contributed by atoms with E-state index in [1.807, 2.05) is 18.2 Å². The van der Waals surface area contributed by atoms with Crippen LogP contribution in [0.5, 0.6) is 0 Å². The first-order valence-electron chi connectivity index (χ1n) is 10.8. The monoisotopic (exact) mass is 426 g/mol. The first-order valence-corrected chi connectivity index (χ1v) is 10.8. The molecule has 3 rings (SSSR count). The fourth-order valence-corrected chi connectivity index (χ4v) is 3.77.